The van der Waals surface area contributed by atoms with Crippen molar-refractivity contribution in [2.75, 3.05) is 6.61 Å². The van der Waals surface area contributed by atoms with Gasteiger partial charge in [0.2, 0.25) is 0 Å². The van der Waals surface area contributed by atoms with Crippen molar-refractivity contribution in [3.05, 3.63) is 41.7 Å². The molecule has 0 saturated carbocycles. The second-order valence-electron chi connectivity index (χ2n) is 5.65. The number of benzene rings is 1. The highest BCUT2D eigenvalue weighted by molar-refractivity contribution is 6.04. The maximum absolute atomic E-state index is 13.5. The number of alkyl halides is 2. The number of aromatic nitrogens is 2. The third-order valence-corrected chi connectivity index (χ3v) is 3.68. The lowest BCUT2D eigenvalue weighted by Crippen LogP contribution is -2.30. The summed E-state index contributed by atoms with van der Waals surface area (Å²) in [6.07, 6.45) is 0.00244. The number of ether oxygens (including phenoxy) is 1. The van der Waals surface area contributed by atoms with Gasteiger partial charge < -0.3 is 4.74 Å². The molecular weight excluding hydrogens is 318 g/mol. The van der Waals surface area contributed by atoms with E-state index >= 15 is 0 Å². The number of carbonyl (C=O) groups is 1. The zero-order valence-corrected chi connectivity index (χ0v) is 13.2. The number of hydrogen-bond donors (Lipinski definition) is 1. The van der Waals surface area contributed by atoms with Gasteiger partial charge in [-0.15, -0.1) is 0 Å². The van der Waals surface area contributed by atoms with E-state index in [0.717, 1.165) is 0 Å². The van der Waals surface area contributed by atoms with Gasteiger partial charge >= 0.3 is 6.09 Å². The zero-order valence-electron chi connectivity index (χ0n) is 13.2. The van der Waals surface area contributed by atoms with Crippen LogP contribution in [0.4, 0.5) is 13.6 Å². The molecule has 126 valence electrons. The molecule has 0 radical (unpaired) electrons. The lowest BCUT2D eigenvalue weighted by molar-refractivity contribution is 0.151. The van der Waals surface area contributed by atoms with Gasteiger partial charge in [0.05, 0.1) is 6.20 Å². The van der Waals surface area contributed by atoms with Crippen LogP contribution >= 0.6 is 0 Å². The number of nitrogens with zero attached hydrogens (tertiary/aromatic N) is 3. The van der Waals surface area contributed by atoms with E-state index in [1.54, 1.807) is 29.2 Å². The van der Waals surface area contributed by atoms with Crippen LogP contribution in [0.15, 0.2) is 35.7 Å². The molecule has 2 heterocycles. The molecule has 0 saturated heterocycles. The quantitative estimate of drug-likeness (QED) is 0.930. The molecule has 6 nitrogen and oxygen atoms in total. The molecule has 0 aliphatic carbocycles. The minimum atomic E-state index is -2.65. The van der Waals surface area contributed by atoms with E-state index in [1.165, 1.54) is 6.07 Å². The minimum absolute atomic E-state index is 0.0564. The maximum atomic E-state index is 13.5. The predicted molar refractivity (Wildman–Crippen MR) is 84.0 cm³/mol. The number of hydrogen-bond acceptors (Lipinski definition) is 4. The molecule has 8 heteroatoms. The molecule has 3 rings (SSSR count). The molecule has 0 unspecified atom stereocenters. The number of cyclic esters (lactones) is 1. The average molecular weight is 334 g/mol. The van der Waals surface area contributed by atoms with Crippen LogP contribution in [0.2, 0.25) is 0 Å². The van der Waals surface area contributed by atoms with Crippen molar-refractivity contribution in [3.63, 3.8) is 0 Å². The monoisotopic (exact) mass is 334 g/mol. The van der Waals surface area contributed by atoms with Crippen LogP contribution in [0.25, 0.3) is 11.1 Å². The third-order valence-electron chi connectivity index (χ3n) is 3.68. The topological polar surface area (TPSA) is 68.5 Å². The van der Waals surface area contributed by atoms with Gasteiger partial charge in [-0.2, -0.15) is 10.2 Å². The highest BCUT2D eigenvalue weighted by Crippen LogP contribution is 2.32. The predicted octanol–water partition coefficient (Wildman–Crippen LogP) is 3.51. The van der Waals surface area contributed by atoms with E-state index in [2.05, 4.69) is 15.6 Å². The normalized spacial score (nSPS) is 14.6. The summed E-state index contributed by atoms with van der Waals surface area (Å²) in [6.45, 7) is 3.87. The fourth-order valence-corrected chi connectivity index (χ4v) is 2.40. The summed E-state index contributed by atoms with van der Waals surface area (Å²) in [5, 5.41) is 8.04. The molecule has 1 amide bonds. The van der Waals surface area contributed by atoms with Gasteiger partial charge in [0, 0.05) is 28.9 Å². The summed E-state index contributed by atoms with van der Waals surface area (Å²) < 4.78 is 33.6. The Bertz CT molecular complexity index is 799. The van der Waals surface area contributed by atoms with Gasteiger partial charge in [0.25, 0.3) is 6.43 Å². The Balaban J connectivity index is 2.00. The van der Waals surface area contributed by atoms with Crippen molar-refractivity contribution in [2.24, 2.45) is 5.10 Å². The average Bonchev–Trinajstić information content (AvgIpc) is 3.05. The number of halogens is 2. The number of rotatable bonds is 4. The number of hydrazone groups is 1. The zero-order chi connectivity index (χ0) is 17.3. The summed E-state index contributed by atoms with van der Waals surface area (Å²) in [5.41, 5.74) is 3.96. The molecule has 2 aromatic rings. The van der Waals surface area contributed by atoms with Crippen LogP contribution in [-0.4, -0.2) is 28.2 Å². The Morgan fingerprint density at radius 1 is 1.29 bits per heavy atom. The standard InChI is InChI=1S/C16H16F2N4O2/c1-9(2)22-7-11(6-19-22)12-4-3-10(5-13(12)15(17)18)14-8-24-16(23)21-20-14/h3-7,9,15H,8H2,1-2H3,(H,21,23). The Kier molecular flexibility index (Phi) is 4.28. The van der Waals surface area contributed by atoms with E-state index in [0.29, 0.717) is 22.4 Å². The van der Waals surface area contributed by atoms with Gasteiger partial charge in [0.15, 0.2) is 0 Å². The summed E-state index contributed by atoms with van der Waals surface area (Å²) >= 11 is 0. The molecule has 1 aliphatic heterocycles. The molecule has 1 aromatic heterocycles. The van der Waals surface area contributed by atoms with Crippen LogP contribution in [0, 0.1) is 0 Å². The first-order valence-corrected chi connectivity index (χ1v) is 7.42. The van der Waals surface area contributed by atoms with Crippen LogP contribution in [-0.2, 0) is 4.74 Å². The molecule has 1 N–H and O–H groups in total. The number of carbonyl (C=O) groups excluding carboxylic acids is 1. The molecule has 0 fully saturated rings. The van der Waals surface area contributed by atoms with Crippen molar-refractivity contribution in [1.82, 2.24) is 15.2 Å². The highest BCUT2D eigenvalue weighted by atomic mass is 19.3. The molecule has 1 aromatic carbocycles. The second kappa shape index (κ2) is 6.38. The summed E-state index contributed by atoms with van der Waals surface area (Å²) in [6, 6.07) is 4.79. The van der Waals surface area contributed by atoms with Gasteiger partial charge in [0.1, 0.15) is 12.3 Å². The highest BCUT2D eigenvalue weighted by Gasteiger charge is 2.20. The maximum Gasteiger partial charge on any atom is 0.428 e. The largest absolute Gasteiger partial charge is 0.442 e. The van der Waals surface area contributed by atoms with Crippen molar-refractivity contribution >= 4 is 11.8 Å². The lowest BCUT2D eigenvalue weighted by atomic mass is 9.98. The van der Waals surface area contributed by atoms with E-state index in [4.69, 9.17) is 4.74 Å². The Labute approximate surface area is 137 Å². The van der Waals surface area contributed by atoms with Gasteiger partial charge in [-0.05, 0) is 25.5 Å². The Hall–Kier alpha value is -2.77. The number of amides is 1. The Morgan fingerprint density at radius 3 is 2.67 bits per heavy atom. The number of nitrogens with one attached hydrogen (secondary N) is 1. The molecule has 0 bridgehead atoms. The molecular formula is C16H16F2N4O2. The lowest BCUT2D eigenvalue weighted by Gasteiger charge is -2.15. The van der Waals surface area contributed by atoms with Crippen molar-refractivity contribution in [1.29, 1.82) is 0 Å². The summed E-state index contributed by atoms with van der Waals surface area (Å²) in [5.74, 6) is 0. The van der Waals surface area contributed by atoms with Crippen molar-refractivity contribution < 1.29 is 18.3 Å². The van der Waals surface area contributed by atoms with Crippen LogP contribution in [0.5, 0.6) is 0 Å². The molecule has 24 heavy (non-hydrogen) atoms. The minimum Gasteiger partial charge on any atom is -0.442 e. The van der Waals surface area contributed by atoms with E-state index in [1.807, 2.05) is 13.8 Å². The van der Waals surface area contributed by atoms with Crippen molar-refractivity contribution in [2.45, 2.75) is 26.3 Å². The first kappa shape index (κ1) is 16.1. The van der Waals surface area contributed by atoms with E-state index in [9.17, 15) is 13.6 Å². The molecule has 1 aliphatic rings. The Morgan fingerprint density at radius 2 is 2.08 bits per heavy atom. The third kappa shape index (κ3) is 3.12. The van der Waals surface area contributed by atoms with Gasteiger partial charge in [-0.25, -0.2) is 19.0 Å². The van der Waals surface area contributed by atoms with Crippen molar-refractivity contribution in [3.8, 4) is 11.1 Å². The summed E-state index contributed by atoms with van der Waals surface area (Å²) in [4.78, 5) is 10.9. The molecule has 0 spiro atoms. The van der Waals surface area contributed by atoms with E-state index < -0.39 is 12.5 Å². The van der Waals surface area contributed by atoms with E-state index in [-0.39, 0.29) is 18.2 Å². The smallest absolute Gasteiger partial charge is 0.428 e. The second-order valence-corrected chi connectivity index (χ2v) is 5.65. The SMILES string of the molecule is CC(C)n1cc(-c2ccc(C3=NNC(=O)OC3)cc2C(F)F)cn1. The fourth-order valence-electron chi connectivity index (χ4n) is 2.40. The molecule has 0 atom stereocenters. The van der Waals surface area contributed by atoms with Gasteiger partial charge in [-0.3, -0.25) is 4.68 Å². The van der Waals surface area contributed by atoms with Crippen LogP contribution in [0.1, 0.15) is 37.4 Å². The first-order valence-electron chi connectivity index (χ1n) is 7.42. The van der Waals surface area contributed by atoms with Gasteiger partial charge in [-0.1, -0.05) is 12.1 Å². The van der Waals surface area contributed by atoms with Crippen LogP contribution < -0.4 is 5.43 Å². The summed E-state index contributed by atoms with van der Waals surface area (Å²) in [7, 11) is 0. The first-order chi connectivity index (χ1) is 11.5. The fraction of sp³-hybridized carbons (Fsp3) is 0.312. The van der Waals surface area contributed by atoms with Crippen LogP contribution in [0.3, 0.4) is 0 Å².